The summed E-state index contributed by atoms with van der Waals surface area (Å²) in [6.07, 6.45) is 2.52. The van der Waals surface area contributed by atoms with E-state index in [1.165, 1.54) is 23.3 Å². The predicted molar refractivity (Wildman–Crippen MR) is 162 cm³/mol. The van der Waals surface area contributed by atoms with Gasteiger partial charge in [0.05, 0.1) is 18.1 Å². The van der Waals surface area contributed by atoms with Crippen LogP contribution in [0, 0.1) is 17.2 Å². The van der Waals surface area contributed by atoms with Crippen LogP contribution < -0.4 is 0 Å². The van der Waals surface area contributed by atoms with Gasteiger partial charge in [-0.3, -0.25) is 4.79 Å². The molecule has 1 saturated heterocycles. The Hall–Kier alpha value is -2.28. The van der Waals surface area contributed by atoms with Crippen LogP contribution in [0.25, 0.3) is 0 Å². The Morgan fingerprint density at radius 3 is 2.20 bits per heavy atom. The Morgan fingerprint density at radius 2 is 1.66 bits per heavy atom. The SMILES string of the molecule is CC1(C(=O)O)CCN(CC2CCC(OC(CO)c3ccc(C(C)(C)C)cc3C(C)(C)C)C2c2ccc(F)cc2)CC1. The highest BCUT2D eigenvalue weighted by Crippen LogP contribution is 2.45. The number of piperidine rings is 1. The fraction of sp³-hybridized carbons (Fsp3) is 0.629. The van der Waals surface area contributed by atoms with Crippen LogP contribution in [-0.2, 0) is 20.4 Å². The lowest BCUT2D eigenvalue weighted by molar-refractivity contribution is -0.150. The Labute approximate surface area is 246 Å². The standard InChI is InChI=1S/C35H50FNO4/c1-33(2,3)25-11-14-27(28(20-25)34(4,5)6)30(22-38)41-29-15-10-24(31(29)23-8-12-26(36)13-9-23)21-37-18-16-35(7,17-19-37)32(39)40/h8-9,11-14,20,24,29-31,38H,10,15-19,21-22H2,1-7H3,(H,39,40). The topological polar surface area (TPSA) is 70.0 Å². The smallest absolute Gasteiger partial charge is 0.309 e. The van der Waals surface area contributed by atoms with Gasteiger partial charge in [0.2, 0.25) is 0 Å². The Bertz CT molecular complexity index is 1190. The summed E-state index contributed by atoms with van der Waals surface area (Å²) in [4.78, 5) is 14.1. The number of hydrogen-bond acceptors (Lipinski definition) is 4. The van der Waals surface area contributed by atoms with Gasteiger partial charge in [-0.2, -0.15) is 0 Å². The van der Waals surface area contributed by atoms with Crippen molar-refractivity contribution in [2.45, 2.75) is 103 Å². The van der Waals surface area contributed by atoms with Crippen LogP contribution in [0.1, 0.15) is 108 Å². The summed E-state index contributed by atoms with van der Waals surface area (Å²) in [5.41, 5.74) is 3.76. The first-order valence-electron chi connectivity index (χ1n) is 15.2. The van der Waals surface area contributed by atoms with Crippen LogP contribution in [-0.4, -0.2) is 53.4 Å². The number of ether oxygens (including phenoxy) is 1. The van der Waals surface area contributed by atoms with E-state index in [4.69, 9.17) is 4.74 Å². The van der Waals surface area contributed by atoms with Crippen LogP contribution in [0.3, 0.4) is 0 Å². The molecule has 0 bridgehead atoms. The fourth-order valence-electron chi connectivity index (χ4n) is 6.72. The van der Waals surface area contributed by atoms with Crippen LogP contribution in [0.5, 0.6) is 0 Å². The Balaban J connectivity index is 1.60. The minimum absolute atomic E-state index is 0.0107. The summed E-state index contributed by atoms with van der Waals surface area (Å²) in [5.74, 6) is -0.615. The highest BCUT2D eigenvalue weighted by molar-refractivity contribution is 5.74. The number of carboxylic acids is 1. The number of rotatable bonds is 8. The third-order valence-electron chi connectivity index (χ3n) is 9.53. The summed E-state index contributed by atoms with van der Waals surface area (Å²) in [5, 5.41) is 20.3. The largest absolute Gasteiger partial charge is 0.481 e. The quantitative estimate of drug-likeness (QED) is 0.352. The maximum absolute atomic E-state index is 13.9. The number of carboxylic acid groups (broad SMARTS) is 1. The summed E-state index contributed by atoms with van der Waals surface area (Å²) < 4.78 is 20.8. The molecule has 0 amide bonds. The third-order valence-corrected chi connectivity index (χ3v) is 9.53. The van der Waals surface area contributed by atoms with Crippen LogP contribution in [0.4, 0.5) is 4.39 Å². The molecule has 226 valence electrons. The van der Waals surface area contributed by atoms with Gasteiger partial charge in [0.25, 0.3) is 0 Å². The van der Waals surface area contributed by atoms with Crippen LogP contribution >= 0.6 is 0 Å². The van der Waals surface area contributed by atoms with Gasteiger partial charge in [-0.1, -0.05) is 71.9 Å². The lowest BCUT2D eigenvalue weighted by atomic mass is 9.77. The Morgan fingerprint density at radius 1 is 1.02 bits per heavy atom. The van der Waals surface area contributed by atoms with Crippen molar-refractivity contribution in [2.24, 2.45) is 11.3 Å². The monoisotopic (exact) mass is 567 g/mol. The van der Waals surface area contributed by atoms with Crippen molar-refractivity contribution in [2.75, 3.05) is 26.2 Å². The molecule has 2 aliphatic rings. The van der Waals surface area contributed by atoms with E-state index in [-0.39, 0.29) is 35.3 Å². The van der Waals surface area contributed by atoms with Crippen LogP contribution in [0.2, 0.25) is 0 Å². The van der Waals surface area contributed by atoms with Crippen LogP contribution in [0.15, 0.2) is 42.5 Å². The molecule has 41 heavy (non-hydrogen) atoms. The van der Waals surface area contributed by atoms with E-state index in [0.29, 0.717) is 18.8 Å². The van der Waals surface area contributed by atoms with Crippen molar-refractivity contribution < 1.29 is 24.1 Å². The van der Waals surface area contributed by atoms with Gasteiger partial charge < -0.3 is 19.8 Å². The van der Waals surface area contributed by atoms with Gasteiger partial charge in [0.15, 0.2) is 0 Å². The highest BCUT2D eigenvalue weighted by Gasteiger charge is 2.42. The van der Waals surface area contributed by atoms with Crippen molar-refractivity contribution in [3.8, 4) is 0 Å². The number of carbonyl (C=O) groups is 1. The molecule has 0 radical (unpaired) electrons. The van der Waals surface area contributed by atoms with E-state index in [2.05, 4.69) is 64.6 Å². The maximum atomic E-state index is 13.9. The highest BCUT2D eigenvalue weighted by atomic mass is 19.1. The molecule has 5 nitrogen and oxygen atoms in total. The van der Waals surface area contributed by atoms with Gasteiger partial charge >= 0.3 is 5.97 Å². The van der Waals surface area contributed by atoms with Crippen molar-refractivity contribution in [1.29, 1.82) is 0 Å². The summed E-state index contributed by atoms with van der Waals surface area (Å²) in [6.45, 7) is 17.4. The van der Waals surface area contributed by atoms with Gasteiger partial charge in [-0.25, -0.2) is 4.39 Å². The Kier molecular flexibility index (Phi) is 9.37. The van der Waals surface area contributed by atoms with E-state index >= 15 is 0 Å². The average Bonchev–Trinajstić information content (AvgIpc) is 3.29. The maximum Gasteiger partial charge on any atom is 0.309 e. The zero-order valence-electron chi connectivity index (χ0n) is 26.0. The van der Waals surface area contributed by atoms with Crippen molar-refractivity contribution in [3.63, 3.8) is 0 Å². The second-order valence-electron chi connectivity index (χ2n) is 14.7. The molecule has 2 aromatic carbocycles. The molecule has 0 aromatic heterocycles. The molecule has 6 heteroatoms. The predicted octanol–water partition coefficient (Wildman–Crippen LogP) is 7.22. The number of likely N-dealkylation sites (tertiary alicyclic amines) is 1. The molecule has 2 aromatic rings. The molecule has 1 aliphatic heterocycles. The molecule has 4 unspecified atom stereocenters. The van der Waals surface area contributed by atoms with Gasteiger partial charge in [0.1, 0.15) is 11.9 Å². The molecule has 1 heterocycles. The fourth-order valence-corrected chi connectivity index (χ4v) is 6.72. The van der Waals surface area contributed by atoms with Gasteiger partial charge in [-0.15, -0.1) is 0 Å². The lowest BCUT2D eigenvalue weighted by Crippen LogP contribution is -2.44. The van der Waals surface area contributed by atoms with E-state index in [1.807, 2.05) is 19.1 Å². The van der Waals surface area contributed by atoms with E-state index in [1.54, 1.807) is 0 Å². The second kappa shape index (κ2) is 12.1. The van der Waals surface area contributed by atoms with Crippen molar-refractivity contribution in [1.82, 2.24) is 4.90 Å². The van der Waals surface area contributed by atoms with Crippen molar-refractivity contribution in [3.05, 3.63) is 70.5 Å². The van der Waals surface area contributed by atoms with Gasteiger partial charge in [0, 0.05) is 12.5 Å². The van der Waals surface area contributed by atoms with Crippen molar-refractivity contribution >= 4 is 5.97 Å². The molecule has 4 atom stereocenters. The zero-order chi connectivity index (χ0) is 30.2. The normalized spacial score (nSPS) is 24.4. The second-order valence-corrected chi connectivity index (χ2v) is 14.7. The number of aliphatic hydroxyl groups excluding tert-OH is 1. The number of hydrogen-bond donors (Lipinski definition) is 2. The van der Waals surface area contributed by atoms with E-state index in [0.717, 1.165) is 43.6 Å². The molecular weight excluding hydrogens is 517 g/mol. The minimum Gasteiger partial charge on any atom is -0.481 e. The first-order valence-corrected chi connectivity index (χ1v) is 15.2. The summed E-state index contributed by atoms with van der Waals surface area (Å²) >= 11 is 0. The minimum atomic E-state index is -0.712. The third kappa shape index (κ3) is 7.21. The molecule has 2 fully saturated rings. The summed E-state index contributed by atoms with van der Waals surface area (Å²) in [6, 6.07) is 13.4. The average molecular weight is 568 g/mol. The molecular formula is C35H50FNO4. The van der Waals surface area contributed by atoms with Gasteiger partial charge in [-0.05, 0) is 96.8 Å². The van der Waals surface area contributed by atoms with E-state index in [9.17, 15) is 19.4 Å². The molecule has 0 spiro atoms. The lowest BCUT2D eigenvalue weighted by Gasteiger charge is -2.39. The molecule has 1 aliphatic carbocycles. The first kappa shape index (κ1) is 31.7. The number of benzene rings is 2. The first-order chi connectivity index (χ1) is 19.1. The van der Waals surface area contributed by atoms with E-state index < -0.39 is 17.5 Å². The number of aliphatic carboxylic acids is 1. The number of aliphatic hydroxyl groups is 1. The molecule has 4 rings (SSSR count). The summed E-state index contributed by atoms with van der Waals surface area (Å²) in [7, 11) is 0. The molecule has 2 N–H and O–H groups in total. The zero-order valence-corrected chi connectivity index (χ0v) is 26.0. The number of nitrogens with zero attached hydrogens (tertiary/aromatic N) is 1. The number of halogens is 1. The molecule has 1 saturated carbocycles.